The summed E-state index contributed by atoms with van der Waals surface area (Å²) in [4.78, 5) is 2.44. The maximum atomic E-state index is 6.36. The smallest absolute Gasteiger partial charge is 0.0642 e. The van der Waals surface area contributed by atoms with E-state index in [1.54, 1.807) is 0 Å². The van der Waals surface area contributed by atoms with Crippen LogP contribution in [0.15, 0.2) is 18.2 Å². The molecule has 1 fully saturated rings. The molecule has 0 spiro atoms. The van der Waals surface area contributed by atoms with E-state index in [1.165, 1.54) is 25.7 Å². The average molecular weight is 272 g/mol. The average Bonchev–Trinajstić information content (AvgIpc) is 2.54. The first kappa shape index (κ1) is 13.0. The highest BCUT2D eigenvalue weighted by Gasteiger charge is 2.19. The lowest BCUT2D eigenvalue weighted by Gasteiger charge is -2.30. The number of hydrogen-bond acceptors (Lipinski definition) is 1. The predicted molar refractivity (Wildman–Crippen MR) is 76.3 cm³/mol. The van der Waals surface area contributed by atoms with E-state index in [9.17, 15) is 0 Å². The summed E-state index contributed by atoms with van der Waals surface area (Å²) in [6, 6.07) is 6.76. The highest BCUT2D eigenvalue weighted by Crippen LogP contribution is 2.31. The van der Waals surface area contributed by atoms with Gasteiger partial charge in [0, 0.05) is 18.5 Å². The molecule has 2 rings (SSSR count). The van der Waals surface area contributed by atoms with Gasteiger partial charge in [0.25, 0.3) is 0 Å². The fraction of sp³-hybridized carbons (Fsp3) is 0.571. The van der Waals surface area contributed by atoms with Gasteiger partial charge in [-0.2, -0.15) is 0 Å². The van der Waals surface area contributed by atoms with E-state index in [-0.39, 0.29) is 0 Å². The molecule has 1 saturated heterocycles. The van der Waals surface area contributed by atoms with Gasteiger partial charge < -0.3 is 4.90 Å². The van der Waals surface area contributed by atoms with E-state index in [1.807, 2.05) is 6.07 Å². The van der Waals surface area contributed by atoms with Crippen molar-refractivity contribution in [3.8, 4) is 0 Å². The predicted octanol–water partition coefficient (Wildman–Crippen LogP) is 4.85. The van der Waals surface area contributed by atoms with Crippen molar-refractivity contribution >= 4 is 28.9 Å². The summed E-state index contributed by atoms with van der Waals surface area (Å²) in [5, 5.41) is 0.830. The van der Waals surface area contributed by atoms with Crippen LogP contribution in [0.4, 0.5) is 5.69 Å². The summed E-state index contributed by atoms with van der Waals surface area (Å²) in [5.41, 5.74) is 2.25. The summed E-state index contributed by atoms with van der Waals surface area (Å²) in [6.45, 7) is 3.40. The van der Waals surface area contributed by atoms with Crippen molar-refractivity contribution in [2.24, 2.45) is 0 Å². The minimum absolute atomic E-state index is 0.523. The maximum absolute atomic E-state index is 6.36. The van der Waals surface area contributed by atoms with E-state index in [0.29, 0.717) is 11.9 Å². The second-order valence-electron chi connectivity index (χ2n) is 4.81. The van der Waals surface area contributed by atoms with Crippen LogP contribution < -0.4 is 4.90 Å². The van der Waals surface area contributed by atoms with Gasteiger partial charge in [-0.3, -0.25) is 0 Å². The first-order valence-corrected chi connectivity index (χ1v) is 7.24. The van der Waals surface area contributed by atoms with Crippen LogP contribution in [0.5, 0.6) is 0 Å². The van der Waals surface area contributed by atoms with Crippen LogP contribution >= 0.6 is 23.2 Å². The molecule has 1 heterocycles. The Balaban J connectivity index is 2.25. The second-order valence-corrected chi connectivity index (χ2v) is 5.49. The largest absolute Gasteiger partial charge is 0.368 e. The molecule has 0 aliphatic carbocycles. The van der Waals surface area contributed by atoms with Gasteiger partial charge in [-0.25, -0.2) is 0 Å². The van der Waals surface area contributed by atoms with Crippen LogP contribution in [0, 0.1) is 0 Å². The molecule has 1 aliphatic rings. The van der Waals surface area contributed by atoms with Gasteiger partial charge in [-0.1, -0.05) is 30.5 Å². The highest BCUT2D eigenvalue weighted by molar-refractivity contribution is 6.33. The Labute approximate surface area is 114 Å². The van der Waals surface area contributed by atoms with E-state index >= 15 is 0 Å². The Morgan fingerprint density at radius 3 is 2.82 bits per heavy atom. The summed E-state index contributed by atoms with van der Waals surface area (Å²) in [6.07, 6.45) is 5.18. The second kappa shape index (κ2) is 5.97. The third-order valence-electron chi connectivity index (χ3n) is 3.53. The molecule has 0 amide bonds. The number of hydrogen-bond donors (Lipinski definition) is 0. The Morgan fingerprint density at radius 2 is 2.12 bits per heavy atom. The molecule has 1 unspecified atom stereocenters. The minimum Gasteiger partial charge on any atom is -0.368 e. The van der Waals surface area contributed by atoms with E-state index in [2.05, 4.69) is 24.0 Å². The molecular formula is C14H19Cl2N. The molecule has 0 saturated carbocycles. The fourth-order valence-electron chi connectivity index (χ4n) is 2.50. The van der Waals surface area contributed by atoms with Crippen molar-refractivity contribution in [1.29, 1.82) is 0 Å². The van der Waals surface area contributed by atoms with Crippen LogP contribution in [-0.4, -0.2) is 12.6 Å². The van der Waals surface area contributed by atoms with Gasteiger partial charge in [0.1, 0.15) is 0 Å². The molecule has 0 radical (unpaired) electrons. The van der Waals surface area contributed by atoms with Crippen molar-refractivity contribution in [2.45, 2.75) is 44.5 Å². The van der Waals surface area contributed by atoms with Crippen molar-refractivity contribution in [1.82, 2.24) is 0 Å². The van der Waals surface area contributed by atoms with Gasteiger partial charge in [-0.15, -0.1) is 11.6 Å². The molecule has 0 N–H and O–H groups in total. The lowest BCUT2D eigenvalue weighted by atomic mass is 10.1. The van der Waals surface area contributed by atoms with Crippen LogP contribution in [0.25, 0.3) is 0 Å². The molecule has 3 heteroatoms. The van der Waals surface area contributed by atoms with Crippen LogP contribution in [0.3, 0.4) is 0 Å². The number of anilines is 1. The summed E-state index contributed by atoms with van der Waals surface area (Å²) < 4.78 is 0. The van der Waals surface area contributed by atoms with E-state index in [0.717, 1.165) is 22.8 Å². The van der Waals surface area contributed by atoms with Crippen molar-refractivity contribution in [2.75, 3.05) is 11.4 Å². The van der Waals surface area contributed by atoms with E-state index < -0.39 is 0 Å². The minimum atomic E-state index is 0.523. The Morgan fingerprint density at radius 1 is 1.29 bits per heavy atom. The van der Waals surface area contributed by atoms with Gasteiger partial charge in [-0.05, 0) is 37.5 Å². The third-order valence-corrected chi connectivity index (χ3v) is 4.14. The van der Waals surface area contributed by atoms with Crippen molar-refractivity contribution in [3.05, 3.63) is 28.8 Å². The summed E-state index contributed by atoms with van der Waals surface area (Å²) >= 11 is 12.2. The monoisotopic (exact) mass is 271 g/mol. The summed E-state index contributed by atoms with van der Waals surface area (Å²) in [5.74, 6) is 0.523. The molecule has 0 bridgehead atoms. The molecular weight excluding hydrogens is 253 g/mol. The normalized spacial score (nSPS) is 21.4. The van der Waals surface area contributed by atoms with Gasteiger partial charge >= 0.3 is 0 Å². The zero-order valence-corrected chi connectivity index (χ0v) is 11.8. The number of rotatable bonds is 2. The first-order chi connectivity index (χ1) is 8.22. The first-order valence-electron chi connectivity index (χ1n) is 6.33. The lowest BCUT2D eigenvalue weighted by molar-refractivity contribution is 0.616. The molecule has 94 valence electrons. The highest BCUT2D eigenvalue weighted by atomic mass is 35.5. The van der Waals surface area contributed by atoms with Crippen LogP contribution in [0.1, 0.15) is 38.2 Å². The molecule has 1 aromatic rings. The topological polar surface area (TPSA) is 3.24 Å². The number of halogens is 2. The molecule has 1 aliphatic heterocycles. The fourth-order valence-corrected chi connectivity index (χ4v) is 2.98. The van der Waals surface area contributed by atoms with Crippen molar-refractivity contribution in [3.63, 3.8) is 0 Å². The number of nitrogens with zero attached hydrogens (tertiary/aromatic N) is 1. The standard InChI is InChI=1S/C14H19Cl2N/c1-11-5-3-2-4-8-17(11)14-7-6-12(10-15)9-13(14)16/h6-7,9,11H,2-5,8,10H2,1H3. The zero-order chi connectivity index (χ0) is 12.3. The Bertz CT molecular complexity index is 378. The SMILES string of the molecule is CC1CCCCCN1c1ccc(CCl)cc1Cl. The van der Waals surface area contributed by atoms with Crippen LogP contribution in [0.2, 0.25) is 5.02 Å². The quantitative estimate of drug-likeness (QED) is 0.696. The maximum Gasteiger partial charge on any atom is 0.0642 e. The molecule has 1 atom stereocenters. The Hall–Kier alpha value is -0.400. The third kappa shape index (κ3) is 3.08. The van der Waals surface area contributed by atoms with Gasteiger partial charge in [0.2, 0.25) is 0 Å². The van der Waals surface area contributed by atoms with Crippen LogP contribution in [-0.2, 0) is 5.88 Å². The number of benzene rings is 1. The molecule has 0 aromatic heterocycles. The van der Waals surface area contributed by atoms with E-state index in [4.69, 9.17) is 23.2 Å². The van der Waals surface area contributed by atoms with Gasteiger partial charge in [0.15, 0.2) is 0 Å². The molecule has 17 heavy (non-hydrogen) atoms. The van der Waals surface area contributed by atoms with Crippen molar-refractivity contribution < 1.29 is 0 Å². The molecule has 1 aromatic carbocycles. The molecule has 1 nitrogen and oxygen atoms in total. The van der Waals surface area contributed by atoms with Gasteiger partial charge in [0.05, 0.1) is 10.7 Å². The summed E-state index contributed by atoms with van der Waals surface area (Å²) in [7, 11) is 0. The zero-order valence-electron chi connectivity index (χ0n) is 10.3. The lowest BCUT2D eigenvalue weighted by Crippen LogP contribution is -2.32. The Kier molecular flexibility index (Phi) is 4.58. The number of alkyl halides is 1.